The van der Waals surface area contributed by atoms with Gasteiger partial charge in [0.2, 0.25) is 0 Å². The SMILES string of the molecule is CN(C)Cc1nc(Cl)c2c(n1)CSC2. The van der Waals surface area contributed by atoms with E-state index in [2.05, 4.69) is 9.97 Å². The van der Waals surface area contributed by atoms with Crippen LogP contribution in [0.5, 0.6) is 0 Å². The summed E-state index contributed by atoms with van der Waals surface area (Å²) in [6, 6.07) is 0. The van der Waals surface area contributed by atoms with Crippen molar-refractivity contribution in [1.82, 2.24) is 14.9 Å². The van der Waals surface area contributed by atoms with Gasteiger partial charge in [-0.1, -0.05) is 11.6 Å². The van der Waals surface area contributed by atoms with Gasteiger partial charge in [0.15, 0.2) is 0 Å². The first-order valence-corrected chi connectivity index (χ1v) is 5.96. The highest BCUT2D eigenvalue weighted by atomic mass is 35.5. The van der Waals surface area contributed by atoms with Gasteiger partial charge < -0.3 is 4.90 Å². The molecule has 5 heteroatoms. The highest BCUT2D eigenvalue weighted by Crippen LogP contribution is 2.32. The topological polar surface area (TPSA) is 29.0 Å². The van der Waals surface area contributed by atoms with Gasteiger partial charge in [-0.25, -0.2) is 9.97 Å². The van der Waals surface area contributed by atoms with Crippen molar-refractivity contribution in [1.29, 1.82) is 0 Å². The van der Waals surface area contributed by atoms with E-state index in [0.29, 0.717) is 5.15 Å². The molecule has 0 aliphatic carbocycles. The molecule has 0 saturated heterocycles. The maximum Gasteiger partial charge on any atom is 0.144 e. The number of hydrogen-bond donors (Lipinski definition) is 0. The molecule has 0 spiro atoms. The van der Waals surface area contributed by atoms with Crippen molar-refractivity contribution in [2.75, 3.05) is 14.1 Å². The van der Waals surface area contributed by atoms with Gasteiger partial charge >= 0.3 is 0 Å². The molecular formula is C9H12ClN3S. The molecule has 14 heavy (non-hydrogen) atoms. The van der Waals surface area contributed by atoms with E-state index in [1.807, 2.05) is 30.8 Å². The Hall–Kier alpha value is -0.320. The van der Waals surface area contributed by atoms with Crippen LogP contribution in [0.2, 0.25) is 5.15 Å². The van der Waals surface area contributed by atoms with Crippen molar-refractivity contribution in [2.45, 2.75) is 18.1 Å². The Labute approximate surface area is 92.9 Å². The monoisotopic (exact) mass is 229 g/mol. The third-order valence-corrected chi connectivity index (χ3v) is 3.31. The minimum Gasteiger partial charge on any atom is -0.302 e. The molecule has 0 N–H and O–H groups in total. The summed E-state index contributed by atoms with van der Waals surface area (Å²) in [7, 11) is 4.00. The normalized spacial score (nSPS) is 14.9. The molecule has 0 aromatic carbocycles. The Morgan fingerprint density at radius 2 is 2.14 bits per heavy atom. The predicted octanol–water partition coefficient (Wildman–Crippen LogP) is 1.94. The van der Waals surface area contributed by atoms with Crippen LogP contribution < -0.4 is 0 Å². The van der Waals surface area contributed by atoms with Gasteiger partial charge in [0.25, 0.3) is 0 Å². The summed E-state index contributed by atoms with van der Waals surface area (Å²) in [4.78, 5) is 10.8. The molecule has 2 heterocycles. The highest BCUT2D eigenvalue weighted by molar-refractivity contribution is 7.98. The maximum atomic E-state index is 6.08. The molecule has 1 aromatic heterocycles. The van der Waals surface area contributed by atoms with E-state index in [1.165, 1.54) is 0 Å². The molecular weight excluding hydrogens is 218 g/mol. The van der Waals surface area contributed by atoms with Crippen LogP contribution in [0.3, 0.4) is 0 Å². The quantitative estimate of drug-likeness (QED) is 0.725. The molecule has 0 fully saturated rings. The second kappa shape index (κ2) is 4.04. The molecule has 0 radical (unpaired) electrons. The van der Waals surface area contributed by atoms with E-state index >= 15 is 0 Å². The van der Waals surface area contributed by atoms with Gasteiger partial charge in [0.1, 0.15) is 11.0 Å². The number of thioether (sulfide) groups is 1. The maximum absolute atomic E-state index is 6.08. The first-order valence-electron chi connectivity index (χ1n) is 4.43. The van der Waals surface area contributed by atoms with Gasteiger partial charge in [-0.05, 0) is 14.1 Å². The number of halogens is 1. The summed E-state index contributed by atoms with van der Waals surface area (Å²) in [6.45, 7) is 0.748. The average molecular weight is 230 g/mol. The zero-order valence-electron chi connectivity index (χ0n) is 8.25. The number of fused-ring (bicyclic) bond motifs is 1. The Morgan fingerprint density at radius 1 is 1.36 bits per heavy atom. The van der Waals surface area contributed by atoms with Crippen molar-refractivity contribution < 1.29 is 0 Å². The third kappa shape index (κ3) is 2.02. The Bertz CT molecular complexity index is 354. The second-order valence-electron chi connectivity index (χ2n) is 3.59. The average Bonchev–Trinajstić information content (AvgIpc) is 2.50. The van der Waals surface area contributed by atoms with E-state index in [0.717, 1.165) is 35.1 Å². The minimum absolute atomic E-state index is 0.636. The van der Waals surface area contributed by atoms with Gasteiger partial charge in [-0.2, -0.15) is 11.8 Å². The molecule has 2 rings (SSSR count). The van der Waals surface area contributed by atoms with E-state index in [-0.39, 0.29) is 0 Å². The van der Waals surface area contributed by atoms with Crippen LogP contribution >= 0.6 is 23.4 Å². The van der Waals surface area contributed by atoms with Gasteiger partial charge in [-0.3, -0.25) is 0 Å². The van der Waals surface area contributed by atoms with Crippen LogP contribution in [0.15, 0.2) is 0 Å². The summed E-state index contributed by atoms with van der Waals surface area (Å²) < 4.78 is 0. The molecule has 76 valence electrons. The zero-order valence-corrected chi connectivity index (χ0v) is 9.82. The Kier molecular flexibility index (Phi) is 2.95. The summed E-state index contributed by atoms with van der Waals surface area (Å²) in [5, 5.41) is 0.636. The van der Waals surface area contributed by atoms with Gasteiger partial charge in [0.05, 0.1) is 12.2 Å². The predicted molar refractivity (Wildman–Crippen MR) is 59.4 cm³/mol. The molecule has 0 amide bonds. The van der Waals surface area contributed by atoms with E-state index in [1.54, 1.807) is 0 Å². The standard InChI is InChI=1S/C9H12ClN3S/c1-13(2)3-8-11-7-5-14-4-6(7)9(10)12-8/h3-5H2,1-2H3. The smallest absolute Gasteiger partial charge is 0.144 e. The number of aromatic nitrogens is 2. The fourth-order valence-electron chi connectivity index (χ4n) is 1.41. The summed E-state index contributed by atoms with van der Waals surface area (Å²) >= 11 is 7.92. The molecule has 0 bridgehead atoms. The fourth-order valence-corrected chi connectivity index (χ4v) is 2.81. The molecule has 1 aromatic rings. The van der Waals surface area contributed by atoms with Crippen molar-refractivity contribution in [2.24, 2.45) is 0 Å². The van der Waals surface area contributed by atoms with Crippen LogP contribution in [0.25, 0.3) is 0 Å². The van der Waals surface area contributed by atoms with Gasteiger partial charge in [0, 0.05) is 17.1 Å². The lowest BCUT2D eigenvalue weighted by atomic mass is 10.3. The summed E-state index contributed by atoms with van der Waals surface area (Å²) in [5.74, 6) is 2.75. The third-order valence-electron chi connectivity index (χ3n) is 2.03. The van der Waals surface area contributed by atoms with E-state index in [9.17, 15) is 0 Å². The number of nitrogens with zero attached hydrogens (tertiary/aromatic N) is 3. The Morgan fingerprint density at radius 3 is 2.86 bits per heavy atom. The lowest BCUT2D eigenvalue weighted by molar-refractivity contribution is 0.390. The molecule has 3 nitrogen and oxygen atoms in total. The zero-order chi connectivity index (χ0) is 10.1. The summed E-state index contributed by atoms with van der Waals surface area (Å²) in [6.07, 6.45) is 0. The first-order chi connectivity index (χ1) is 6.66. The lowest BCUT2D eigenvalue weighted by Gasteiger charge is -2.09. The first kappa shape index (κ1) is 10.2. The molecule has 0 unspecified atom stereocenters. The van der Waals surface area contributed by atoms with Crippen LogP contribution in [0.1, 0.15) is 17.1 Å². The van der Waals surface area contributed by atoms with E-state index < -0.39 is 0 Å². The lowest BCUT2D eigenvalue weighted by Crippen LogP contribution is -2.14. The van der Waals surface area contributed by atoms with Gasteiger partial charge in [-0.15, -0.1) is 0 Å². The number of rotatable bonds is 2. The van der Waals surface area contributed by atoms with Crippen molar-refractivity contribution in [3.05, 3.63) is 22.2 Å². The largest absolute Gasteiger partial charge is 0.302 e. The molecule has 1 aliphatic rings. The molecule has 1 aliphatic heterocycles. The van der Waals surface area contributed by atoms with E-state index in [4.69, 9.17) is 11.6 Å². The Balaban J connectivity index is 2.32. The molecule has 0 atom stereocenters. The number of hydrogen-bond acceptors (Lipinski definition) is 4. The van der Waals surface area contributed by atoms with Crippen molar-refractivity contribution in [3.8, 4) is 0 Å². The minimum atomic E-state index is 0.636. The van der Waals surface area contributed by atoms with Crippen molar-refractivity contribution in [3.63, 3.8) is 0 Å². The second-order valence-corrected chi connectivity index (χ2v) is 4.93. The summed E-state index contributed by atoms with van der Waals surface area (Å²) in [5.41, 5.74) is 2.24. The van der Waals surface area contributed by atoms with Crippen LogP contribution in [0.4, 0.5) is 0 Å². The van der Waals surface area contributed by atoms with Crippen molar-refractivity contribution >= 4 is 23.4 Å². The van der Waals surface area contributed by atoms with Crippen LogP contribution in [-0.4, -0.2) is 29.0 Å². The molecule has 0 saturated carbocycles. The highest BCUT2D eigenvalue weighted by Gasteiger charge is 2.18. The fraction of sp³-hybridized carbons (Fsp3) is 0.556. The van der Waals surface area contributed by atoms with Crippen LogP contribution in [0, 0.1) is 0 Å². The van der Waals surface area contributed by atoms with Crippen LogP contribution in [-0.2, 0) is 18.1 Å².